The summed E-state index contributed by atoms with van der Waals surface area (Å²) in [5.41, 5.74) is 0. The average molecular weight is 338 g/mol. The van der Waals surface area contributed by atoms with Gasteiger partial charge in [-0.05, 0) is 0 Å². The van der Waals surface area contributed by atoms with Crippen molar-refractivity contribution in [1.82, 2.24) is 5.32 Å². The zero-order valence-electron chi connectivity index (χ0n) is 11.4. The molecule has 106 valence electrons. The van der Waals surface area contributed by atoms with Gasteiger partial charge in [0.05, 0.1) is 0 Å². The van der Waals surface area contributed by atoms with Crippen LogP contribution in [-0.2, 0) is 9.53 Å². The van der Waals surface area contributed by atoms with Crippen LogP contribution in [0.5, 0.6) is 0 Å². The standard InChI is InChI=1S/C13H25NO2SSe/c1-3-4-5-6-7-8-9-16-13(18)12(10-17)14-11(2)15/h12,17H,3-10H2,1-2H3,(H,14,15). The zero-order valence-corrected chi connectivity index (χ0v) is 14.0. The number of unbranched alkanes of at least 4 members (excludes halogenated alkanes) is 5. The predicted octanol–water partition coefficient (Wildman–Crippen LogP) is 2.10. The summed E-state index contributed by atoms with van der Waals surface area (Å²) in [6.45, 7) is 4.42. The van der Waals surface area contributed by atoms with E-state index in [1.54, 1.807) is 0 Å². The van der Waals surface area contributed by atoms with Gasteiger partial charge in [-0.2, -0.15) is 0 Å². The summed E-state index contributed by atoms with van der Waals surface area (Å²) >= 11 is 7.07. The molecule has 1 amide bonds. The van der Waals surface area contributed by atoms with Crippen molar-refractivity contribution in [3.05, 3.63) is 0 Å². The van der Waals surface area contributed by atoms with E-state index in [-0.39, 0.29) is 11.9 Å². The van der Waals surface area contributed by atoms with Gasteiger partial charge in [0, 0.05) is 0 Å². The molecular formula is C13H25NO2SSe. The van der Waals surface area contributed by atoms with Gasteiger partial charge in [0.25, 0.3) is 0 Å². The Labute approximate surface area is 124 Å². The van der Waals surface area contributed by atoms with E-state index in [0.29, 0.717) is 12.4 Å². The molecule has 0 spiro atoms. The van der Waals surface area contributed by atoms with Crippen molar-refractivity contribution in [3.63, 3.8) is 0 Å². The third-order valence-corrected chi connectivity index (χ3v) is 3.80. The second kappa shape index (κ2) is 12.1. The van der Waals surface area contributed by atoms with E-state index in [4.69, 9.17) is 4.74 Å². The van der Waals surface area contributed by atoms with E-state index in [0.717, 1.165) is 11.0 Å². The van der Waals surface area contributed by atoms with E-state index in [1.807, 2.05) is 0 Å². The molecule has 0 saturated carbocycles. The Balaban J connectivity index is 3.59. The number of amides is 1. The fourth-order valence-electron chi connectivity index (χ4n) is 1.58. The minimum absolute atomic E-state index is 0.0648. The summed E-state index contributed by atoms with van der Waals surface area (Å²) in [6, 6.07) is -0.133. The molecule has 0 aliphatic heterocycles. The zero-order chi connectivity index (χ0) is 13.8. The van der Waals surface area contributed by atoms with Crippen molar-refractivity contribution in [1.29, 1.82) is 0 Å². The van der Waals surface area contributed by atoms with Gasteiger partial charge in [-0.3, -0.25) is 0 Å². The Hall–Kier alpha value is 0.00948. The van der Waals surface area contributed by atoms with Crippen molar-refractivity contribution in [2.45, 2.75) is 58.4 Å². The number of carbonyl (C=O) groups excluding carboxylic acids is 1. The fourth-order valence-corrected chi connectivity index (χ4v) is 2.59. The molecule has 1 N–H and O–H groups in total. The van der Waals surface area contributed by atoms with Gasteiger partial charge in [0.2, 0.25) is 0 Å². The molecule has 1 unspecified atom stereocenters. The van der Waals surface area contributed by atoms with Gasteiger partial charge in [-0.25, -0.2) is 0 Å². The first-order chi connectivity index (χ1) is 8.61. The van der Waals surface area contributed by atoms with Crippen LogP contribution in [0.25, 0.3) is 0 Å². The monoisotopic (exact) mass is 339 g/mol. The Morgan fingerprint density at radius 3 is 2.44 bits per heavy atom. The van der Waals surface area contributed by atoms with E-state index < -0.39 is 0 Å². The summed E-state index contributed by atoms with van der Waals surface area (Å²) < 4.78 is 6.33. The first-order valence-electron chi connectivity index (χ1n) is 6.66. The van der Waals surface area contributed by atoms with Crippen molar-refractivity contribution in [2.75, 3.05) is 12.4 Å². The van der Waals surface area contributed by atoms with Crippen LogP contribution >= 0.6 is 12.6 Å². The molecule has 0 rings (SSSR count). The van der Waals surface area contributed by atoms with Crippen molar-refractivity contribution >= 4 is 38.7 Å². The predicted molar refractivity (Wildman–Crippen MR) is 81.5 cm³/mol. The van der Waals surface area contributed by atoms with Gasteiger partial charge in [0.15, 0.2) is 0 Å². The number of hydrogen-bond donors (Lipinski definition) is 2. The van der Waals surface area contributed by atoms with E-state index in [2.05, 4.69) is 40.4 Å². The van der Waals surface area contributed by atoms with Crippen LogP contribution < -0.4 is 5.32 Å². The molecule has 0 heterocycles. The van der Waals surface area contributed by atoms with Crippen molar-refractivity contribution < 1.29 is 9.53 Å². The first kappa shape index (κ1) is 18.0. The van der Waals surface area contributed by atoms with Crippen molar-refractivity contribution in [3.8, 4) is 0 Å². The number of thiol groups is 1. The Bertz CT molecular complexity index is 249. The van der Waals surface area contributed by atoms with Crippen LogP contribution in [0, 0.1) is 0 Å². The van der Waals surface area contributed by atoms with E-state index in [1.165, 1.54) is 39.0 Å². The van der Waals surface area contributed by atoms with Crippen LogP contribution in [-0.4, -0.2) is 44.5 Å². The minimum atomic E-state index is -0.133. The Kier molecular flexibility index (Phi) is 12.1. The van der Waals surface area contributed by atoms with Gasteiger partial charge < -0.3 is 0 Å². The normalized spacial score (nSPS) is 11.9. The van der Waals surface area contributed by atoms with Gasteiger partial charge in [0.1, 0.15) is 0 Å². The second-order valence-electron chi connectivity index (χ2n) is 4.37. The molecule has 1 atom stereocenters. The molecule has 18 heavy (non-hydrogen) atoms. The Morgan fingerprint density at radius 1 is 1.28 bits per heavy atom. The van der Waals surface area contributed by atoms with Crippen LogP contribution in [0.2, 0.25) is 0 Å². The topological polar surface area (TPSA) is 38.3 Å². The van der Waals surface area contributed by atoms with Gasteiger partial charge >= 0.3 is 124 Å². The quantitative estimate of drug-likeness (QED) is 0.344. The Morgan fingerprint density at radius 2 is 1.89 bits per heavy atom. The molecule has 0 aromatic heterocycles. The van der Waals surface area contributed by atoms with Gasteiger partial charge in [-0.1, -0.05) is 0 Å². The molecule has 0 radical (unpaired) electrons. The number of hydrogen-bond acceptors (Lipinski definition) is 3. The summed E-state index contributed by atoms with van der Waals surface area (Å²) in [7, 11) is 0. The third kappa shape index (κ3) is 9.98. The molecule has 0 aliphatic rings. The van der Waals surface area contributed by atoms with Crippen molar-refractivity contribution in [2.24, 2.45) is 0 Å². The number of nitrogens with one attached hydrogen (secondary N) is 1. The SMILES string of the molecule is CCCCCCCCOC(=[Se])C(CS)NC(C)=O. The molecular weight excluding hydrogens is 313 g/mol. The van der Waals surface area contributed by atoms with Gasteiger partial charge in [-0.15, -0.1) is 0 Å². The number of ether oxygens (including phenoxy) is 1. The average Bonchev–Trinajstić information content (AvgIpc) is 2.34. The maximum atomic E-state index is 11.0. The molecule has 0 aromatic carbocycles. The molecule has 5 heteroatoms. The third-order valence-electron chi connectivity index (χ3n) is 2.59. The molecule has 0 bridgehead atoms. The summed E-state index contributed by atoms with van der Waals surface area (Å²) in [5, 5.41) is 2.79. The van der Waals surface area contributed by atoms with Crippen LogP contribution in [0.15, 0.2) is 0 Å². The number of rotatable bonds is 11. The summed E-state index contributed by atoms with van der Waals surface area (Å²) in [5.74, 6) is 0.475. The maximum absolute atomic E-state index is 11.0. The molecule has 0 aromatic rings. The van der Waals surface area contributed by atoms with Crippen LogP contribution in [0.1, 0.15) is 52.4 Å². The number of carbonyl (C=O) groups is 1. The summed E-state index contributed by atoms with van der Waals surface area (Å²) in [4.78, 5) is 11.0. The van der Waals surface area contributed by atoms with E-state index >= 15 is 0 Å². The summed E-state index contributed by atoms with van der Waals surface area (Å²) in [6.07, 6.45) is 7.47. The molecule has 3 nitrogen and oxygen atoms in total. The fraction of sp³-hybridized carbons (Fsp3) is 0.846. The molecule has 0 aliphatic carbocycles. The van der Waals surface area contributed by atoms with Crippen LogP contribution in [0.3, 0.4) is 0 Å². The second-order valence-corrected chi connectivity index (χ2v) is 5.58. The van der Waals surface area contributed by atoms with Crippen LogP contribution in [0.4, 0.5) is 0 Å². The van der Waals surface area contributed by atoms with E-state index in [9.17, 15) is 4.79 Å². The molecule has 0 saturated heterocycles. The molecule has 0 fully saturated rings. The first-order valence-corrected chi connectivity index (χ1v) is 8.15.